The second kappa shape index (κ2) is 15.7. The molecule has 1 aliphatic heterocycles. The molecule has 5 N–H and O–H groups in total. The van der Waals surface area contributed by atoms with Gasteiger partial charge in [-0.3, -0.25) is 14.7 Å². The van der Waals surface area contributed by atoms with Gasteiger partial charge in [-0.1, -0.05) is 12.1 Å². The van der Waals surface area contributed by atoms with E-state index >= 15 is 0 Å². The summed E-state index contributed by atoms with van der Waals surface area (Å²) in [4.78, 5) is 68.6. The molecular formula is C34H50N8O7. The van der Waals surface area contributed by atoms with Crippen molar-refractivity contribution in [2.45, 2.75) is 103 Å². The number of aromatic nitrogens is 2. The van der Waals surface area contributed by atoms with Gasteiger partial charge in [0.2, 0.25) is 5.91 Å². The Balaban J connectivity index is 1.22. The van der Waals surface area contributed by atoms with Gasteiger partial charge in [-0.2, -0.15) is 4.98 Å². The summed E-state index contributed by atoms with van der Waals surface area (Å²) >= 11 is 0. The molecule has 0 radical (unpaired) electrons. The van der Waals surface area contributed by atoms with Crippen molar-refractivity contribution in [3.8, 4) is 5.69 Å². The normalized spacial score (nSPS) is 19.1. The van der Waals surface area contributed by atoms with Gasteiger partial charge >= 0.3 is 23.9 Å². The number of benzene rings is 1. The number of alkyl carbamates (subject to hydrolysis) is 1. The molecule has 15 nitrogen and oxygen atoms in total. The number of hydrogen-bond donors (Lipinski definition) is 5. The minimum atomic E-state index is -1.29. The monoisotopic (exact) mass is 682 g/mol. The zero-order valence-corrected chi connectivity index (χ0v) is 29.2. The first-order valence-electron chi connectivity index (χ1n) is 16.8. The van der Waals surface area contributed by atoms with E-state index in [0.717, 1.165) is 37.7 Å². The van der Waals surface area contributed by atoms with Gasteiger partial charge in [0.25, 0.3) is 0 Å². The van der Waals surface area contributed by atoms with Gasteiger partial charge in [-0.05, 0) is 97.4 Å². The fourth-order valence-corrected chi connectivity index (χ4v) is 6.17. The fraction of sp³-hybridized carbons (Fsp3) is 0.588. The molecule has 268 valence electrons. The van der Waals surface area contributed by atoms with Crippen molar-refractivity contribution in [3.63, 3.8) is 0 Å². The molecule has 2 aliphatic rings. The lowest BCUT2D eigenvalue weighted by Gasteiger charge is -2.38. The summed E-state index contributed by atoms with van der Waals surface area (Å²) in [5, 5.41) is 20.6. The SMILES string of the molecule is CC(Cc1ccc(-n2ccc(NC(=O)N3CCN(C(=O)C(C)(C)NC(=O)O)CC3)nc2=O)cc1)NC1CCC(NC(=O)OC(C)(C)C)CC1. The first-order chi connectivity index (χ1) is 23.0. The van der Waals surface area contributed by atoms with Crippen molar-refractivity contribution in [1.29, 1.82) is 0 Å². The molecule has 1 aromatic carbocycles. The van der Waals surface area contributed by atoms with Crippen LogP contribution in [0.3, 0.4) is 0 Å². The van der Waals surface area contributed by atoms with E-state index in [0.29, 0.717) is 11.7 Å². The molecule has 1 aliphatic carbocycles. The Labute approximate surface area is 286 Å². The molecule has 2 fully saturated rings. The average Bonchev–Trinajstić information content (AvgIpc) is 3.01. The van der Waals surface area contributed by atoms with E-state index in [9.17, 15) is 24.0 Å². The number of rotatable bonds is 9. The number of amides is 5. The summed E-state index contributed by atoms with van der Waals surface area (Å²) in [6.45, 7) is 11.7. The number of nitrogens with zero attached hydrogens (tertiary/aromatic N) is 4. The second-order valence-electron chi connectivity index (χ2n) is 14.4. The molecule has 5 amide bonds. The standard InChI is InChI=1S/C34H50N8O7/c1-22(35-24-9-11-25(12-10-24)36-32(48)49-33(2,3)4)21-23-7-13-26(14-8-23)42-16-15-27(38-30(42)45)37-29(44)41-19-17-40(18-20-41)28(43)34(5,6)39-31(46)47/h7-8,13-16,22,24-25,35,39H,9-12,17-21H2,1-6H3,(H,36,48)(H,46,47)(H,37,38,44,45). The number of hydrogen-bond acceptors (Lipinski definition) is 8. The first kappa shape index (κ1) is 37.2. The molecule has 0 bridgehead atoms. The Bertz CT molecular complexity index is 1540. The molecule has 1 atom stereocenters. The quantitative estimate of drug-likeness (QED) is 0.265. The molecule has 4 rings (SSSR count). The van der Waals surface area contributed by atoms with Gasteiger partial charge < -0.3 is 35.6 Å². The molecule has 49 heavy (non-hydrogen) atoms. The second-order valence-corrected chi connectivity index (χ2v) is 14.4. The number of nitrogens with one attached hydrogen (secondary N) is 4. The lowest BCUT2D eigenvalue weighted by molar-refractivity contribution is -0.138. The number of urea groups is 1. The topological polar surface area (TPSA) is 187 Å². The molecule has 0 spiro atoms. The third-order valence-corrected chi connectivity index (χ3v) is 8.57. The highest BCUT2D eigenvalue weighted by Crippen LogP contribution is 2.21. The Morgan fingerprint density at radius 2 is 1.51 bits per heavy atom. The molecule has 1 saturated heterocycles. The average molecular weight is 683 g/mol. The highest BCUT2D eigenvalue weighted by atomic mass is 16.6. The zero-order chi connectivity index (χ0) is 35.9. The Morgan fingerprint density at radius 1 is 0.918 bits per heavy atom. The number of carbonyl (C=O) groups excluding carboxylic acids is 3. The molecular weight excluding hydrogens is 632 g/mol. The molecule has 2 aromatic rings. The molecule has 1 unspecified atom stereocenters. The smallest absolute Gasteiger partial charge is 0.407 e. The summed E-state index contributed by atoms with van der Waals surface area (Å²) < 4.78 is 6.78. The minimum absolute atomic E-state index is 0.114. The maximum atomic E-state index is 12.9. The van der Waals surface area contributed by atoms with Crippen LogP contribution >= 0.6 is 0 Å². The minimum Gasteiger partial charge on any atom is -0.465 e. The van der Waals surface area contributed by atoms with Crippen LogP contribution in [0.4, 0.5) is 20.2 Å². The number of anilines is 1. The predicted octanol–water partition coefficient (Wildman–Crippen LogP) is 3.31. The van der Waals surface area contributed by atoms with Crippen LogP contribution in [0, 0.1) is 0 Å². The largest absolute Gasteiger partial charge is 0.465 e. The van der Waals surface area contributed by atoms with E-state index in [4.69, 9.17) is 9.84 Å². The fourth-order valence-electron chi connectivity index (χ4n) is 6.17. The number of carboxylic acid groups (broad SMARTS) is 1. The molecule has 1 aromatic heterocycles. The molecule has 1 saturated carbocycles. The maximum Gasteiger partial charge on any atom is 0.407 e. The van der Waals surface area contributed by atoms with E-state index in [-0.39, 0.29) is 56.1 Å². The van der Waals surface area contributed by atoms with Gasteiger partial charge in [-0.15, -0.1) is 0 Å². The van der Waals surface area contributed by atoms with Crippen molar-refractivity contribution in [1.82, 2.24) is 35.3 Å². The number of carbonyl (C=O) groups is 4. The van der Waals surface area contributed by atoms with E-state index < -0.39 is 29.0 Å². The van der Waals surface area contributed by atoms with E-state index in [1.807, 2.05) is 45.0 Å². The van der Waals surface area contributed by atoms with Crippen LogP contribution in [0.5, 0.6) is 0 Å². The Kier molecular flexibility index (Phi) is 11.9. The van der Waals surface area contributed by atoms with Crippen molar-refractivity contribution >= 4 is 29.9 Å². The predicted molar refractivity (Wildman–Crippen MR) is 184 cm³/mol. The van der Waals surface area contributed by atoms with Crippen LogP contribution in [0.25, 0.3) is 5.69 Å². The van der Waals surface area contributed by atoms with Crippen molar-refractivity contribution in [2.75, 3.05) is 31.5 Å². The van der Waals surface area contributed by atoms with Gasteiger partial charge in [0, 0.05) is 50.5 Å². The van der Waals surface area contributed by atoms with Crippen LogP contribution in [-0.4, -0.2) is 104 Å². The van der Waals surface area contributed by atoms with Crippen LogP contribution in [0.15, 0.2) is 41.3 Å². The number of ether oxygens (including phenoxy) is 1. The number of piperazine rings is 1. The lowest BCUT2D eigenvalue weighted by Crippen LogP contribution is -2.60. The molecule has 15 heteroatoms. The highest BCUT2D eigenvalue weighted by molar-refractivity contribution is 5.90. The third-order valence-electron chi connectivity index (χ3n) is 8.57. The van der Waals surface area contributed by atoms with Crippen LogP contribution < -0.4 is 27.0 Å². The third kappa shape index (κ3) is 10.9. The van der Waals surface area contributed by atoms with Gasteiger partial charge in [0.1, 0.15) is 17.0 Å². The summed E-state index contributed by atoms with van der Waals surface area (Å²) in [6, 6.07) is 9.56. The molecule has 2 heterocycles. The van der Waals surface area contributed by atoms with Crippen molar-refractivity contribution in [2.24, 2.45) is 0 Å². The van der Waals surface area contributed by atoms with Gasteiger partial charge in [-0.25, -0.2) is 19.2 Å². The highest BCUT2D eigenvalue weighted by Gasteiger charge is 2.35. The van der Waals surface area contributed by atoms with Gasteiger partial charge in [0.05, 0.1) is 5.69 Å². The summed E-state index contributed by atoms with van der Waals surface area (Å²) in [5.41, 5.74) is -0.567. The van der Waals surface area contributed by atoms with Crippen LogP contribution in [0.1, 0.15) is 72.8 Å². The zero-order valence-electron chi connectivity index (χ0n) is 29.2. The maximum absolute atomic E-state index is 12.9. The van der Waals surface area contributed by atoms with E-state index in [1.165, 1.54) is 28.2 Å². The first-order valence-corrected chi connectivity index (χ1v) is 16.8. The summed E-state index contributed by atoms with van der Waals surface area (Å²) in [7, 11) is 0. The van der Waals surface area contributed by atoms with Crippen molar-refractivity contribution in [3.05, 3.63) is 52.6 Å². The van der Waals surface area contributed by atoms with Crippen molar-refractivity contribution < 1.29 is 29.0 Å². The lowest BCUT2D eigenvalue weighted by atomic mass is 9.90. The summed E-state index contributed by atoms with van der Waals surface area (Å²) in [5.74, 6) is -0.257. The summed E-state index contributed by atoms with van der Waals surface area (Å²) in [6.07, 6.45) is 4.47. The van der Waals surface area contributed by atoms with Gasteiger partial charge in [0.15, 0.2) is 0 Å². The van der Waals surface area contributed by atoms with E-state index in [1.54, 1.807) is 12.3 Å². The Hall–Kier alpha value is -4.66. The van der Waals surface area contributed by atoms with E-state index in [2.05, 4.69) is 33.2 Å². The van der Waals surface area contributed by atoms with Crippen LogP contribution in [0.2, 0.25) is 0 Å². The Morgan fingerprint density at radius 3 is 2.08 bits per heavy atom. The van der Waals surface area contributed by atoms with Crippen LogP contribution in [-0.2, 0) is 16.0 Å².